The molecular weight excluding hydrogens is 510 g/mol. The average Bonchev–Trinajstić information content (AvgIpc) is 3.38. The zero-order chi connectivity index (χ0) is 28.1. The first-order chi connectivity index (χ1) is 20.0. The summed E-state index contributed by atoms with van der Waals surface area (Å²) in [6.07, 6.45) is 0.343. The zero-order valence-electron chi connectivity index (χ0n) is 23.5. The number of benzene rings is 4. The van der Waals surface area contributed by atoms with E-state index in [9.17, 15) is 9.59 Å². The molecule has 0 aliphatic carbocycles. The van der Waals surface area contributed by atoms with Crippen molar-refractivity contribution in [3.05, 3.63) is 114 Å². The monoisotopic (exact) mass is 545 g/mol. The van der Waals surface area contributed by atoms with Crippen LogP contribution in [0.2, 0.25) is 0 Å². The van der Waals surface area contributed by atoms with Gasteiger partial charge in [0, 0.05) is 25.8 Å². The molecule has 0 bridgehead atoms. The molecule has 0 saturated carbocycles. The van der Waals surface area contributed by atoms with Crippen molar-refractivity contribution in [2.75, 3.05) is 25.0 Å². The molecule has 3 saturated heterocycles. The van der Waals surface area contributed by atoms with Crippen LogP contribution in [0.1, 0.15) is 23.6 Å². The Kier molecular flexibility index (Phi) is 6.48. The van der Waals surface area contributed by atoms with Gasteiger partial charge >= 0.3 is 6.03 Å². The lowest BCUT2D eigenvalue weighted by atomic mass is 10.0. The largest absolute Gasteiger partial charge is 0.343 e. The van der Waals surface area contributed by atoms with Crippen molar-refractivity contribution in [3.63, 3.8) is 0 Å². The summed E-state index contributed by atoms with van der Waals surface area (Å²) in [6.45, 7) is 4.15. The number of likely N-dealkylation sites (N-methyl/N-ethyl adjacent to an activating group) is 1. The predicted molar refractivity (Wildman–Crippen MR) is 161 cm³/mol. The molecule has 3 aliphatic rings. The van der Waals surface area contributed by atoms with Crippen LogP contribution in [0.5, 0.6) is 0 Å². The fourth-order valence-electron chi connectivity index (χ4n) is 6.80. The van der Waals surface area contributed by atoms with Gasteiger partial charge < -0.3 is 9.80 Å². The number of urea groups is 1. The molecule has 4 aromatic carbocycles. The maximum absolute atomic E-state index is 14.1. The van der Waals surface area contributed by atoms with Crippen LogP contribution in [-0.2, 0) is 17.8 Å². The van der Waals surface area contributed by atoms with Crippen molar-refractivity contribution in [1.29, 1.82) is 0 Å². The molecule has 3 fully saturated rings. The van der Waals surface area contributed by atoms with Crippen LogP contribution >= 0.6 is 0 Å². The van der Waals surface area contributed by atoms with Crippen LogP contribution in [0.3, 0.4) is 0 Å². The number of nitrogens with zero attached hydrogens (tertiary/aromatic N) is 4. The zero-order valence-corrected chi connectivity index (χ0v) is 23.5. The van der Waals surface area contributed by atoms with E-state index in [1.54, 1.807) is 11.9 Å². The molecule has 4 unspecified atom stereocenters. The van der Waals surface area contributed by atoms with Gasteiger partial charge in [-0.3, -0.25) is 19.9 Å². The summed E-state index contributed by atoms with van der Waals surface area (Å²) in [7, 11) is 1.81. The third-order valence-electron chi connectivity index (χ3n) is 8.81. The van der Waals surface area contributed by atoms with Gasteiger partial charge in [-0.05, 0) is 51.9 Å². The van der Waals surface area contributed by atoms with Crippen molar-refractivity contribution in [1.82, 2.24) is 20.0 Å². The standard InChI is InChI=1S/C34H35N5O2/c1-23-20-37(28-17-15-25(16-18-28)19-24-9-4-3-5-10-24)33-35-31-30(38(33)21-23)32(40)39(34(41)36(31)2)22-27-13-8-12-26-11-6-7-14-29(26)27/h3-18,23,30-31,33,35H,19-22H2,1-2H3. The Balaban J connectivity index is 1.15. The van der Waals surface area contributed by atoms with E-state index in [1.807, 2.05) is 30.3 Å². The van der Waals surface area contributed by atoms with Gasteiger partial charge in [0.25, 0.3) is 5.91 Å². The Hall–Kier alpha value is -4.20. The summed E-state index contributed by atoms with van der Waals surface area (Å²) in [5, 5.41) is 5.82. The fourth-order valence-corrected chi connectivity index (χ4v) is 6.80. The second-order valence-electron chi connectivity index (χ2n) is 11.7. The number of fused-ring (bicyclic) bond motifs is 4. The summed E-state index contributed by atoms with van der Waals surface area (Å²) in [4.78, 5) is 35.4. The second-order valence-corrected chi connectivity index (χ2v) is 11.7. The number of carbonyl (C=O) groups is 2. The number of hydrogen-bond donors (Lipinski definition) is 1. The molecule has 0 spiro atoms. The molecule has 208 valence electrons. The van der Waals surface area contributed by atoms with Gasteiger partial charge in [-0.2, -0.15) is 0 Å². The highest BCUT2D eigenvalue weighted by Crippen LogP contribution is 2.35. The van der Waals surface area contributed by atoms with Crippen molar-refractivity contribution in [2.45, 2.75) is 38.4 Å². The third-order valence-corrected chi connectivity index (χ3v) is 8.81. The number of nitrogens with one attached hydrogen (secondary N) is 1. The molecule has 0 aromatic heterocycles. The van der Waals surface area contributed by atoms with Crippen LogP contribution in [-0.4, -0.2) is 65.3 Å². The first kappa shape index (κ1) is 25.7. The number of carbonyl (C=O) groups excluding carboxylic acids is 2. The van der Waals surface area contributed by atoms with Crippen molar-refractivity contribution < 1.29 is 9.59 Å². The van der Waals surface area contributed by atoms with Gasteiger partial charge in [-0.1, -0.05) is 91.9 Å². The summed E-state index contributed by atoms with van der Waals surface area (Å²) >= 11 is 0. The first-order valence-electron chi connectivity index (χ1n) is 14.4. The van der Waals surface area contributed by atoms with Crippen molar-refractivity contribution in [2.24, 2.45) is 5.92 Å². The molecule has 41 heavy (non-hydrogen) atoms. The Morgan fingerprint density at radius 3 is 2.32 bits per heavy atom. The van der Waals surface area contributed by atoms with Crippen molar-refractivity contribution in [3.8, 4) is 0 Å². The highest BCUT2D eigenvalue weighted by Gasteiger charge is 2.56. The quantitative estimate of drug-likeness (QED) is 0.388. The number of amides is 3. The van der Waals surface area contributed by atoms with Gasteiger partial charge in [0.1, 0.15) is 18.5 Å². The van der Waals surface area contributed by atoms with Crippen LogP contribution in [0.15, 0.2) is 97.1 Å². The van der Waals surface area contributed by atoms with Gasteiger partial charge in [0.2, 0.25) is 0 Å². The lowest BCUT2D eigenvalue weighted by molar-refractivity contribution is -0.139. The van der Waals surface area contributed by atoms with E-state index in [0.717, 1.165) is 41.5 Å². The molecule has 3 aliphatic heterocycles. The molecule has 7 nitrogen and oxygen atoms in total. The topological polar surface area (TPSA) is 59.1 Å². The molecule has 4 atom stereocenters. The van der Waals surface area contributed by atoms with Crippen LogP contribution in [0.4, 0.5) is 10.5 Å². The lowest BCUT2D eigenvalue weighted by Crippen LogP contribution is -2.66. The lowest BCUT2D eigenvalue weighted by Gasteiger charge is -2.46. The average molecular weight is 546 g/mol. The Bertz CT molecular complexity index is 1580. The highest BCUT2D eigenvalue weighted by atomic mass is 16.2. The van der Waals surface area contributed by atoms with E-state index in [2.05, 4.69) is 88.8 Å². The number of anilines is 1. The maximum atomic E-state index is 14.1. The summed E-state index contributed by atoms with van der Waals surface area (Å²) in [5.41, 5.74) is 4.64. The highest BCUT2D eigenvalue weighted by molar-refractivity contribution is 6.01. The minimum Gasteiger partial charge on any atom is -0.343 e. The summed E-state index contributed by atoms with van der Waals surface area (Å²) in [6, 6.07) is 32.7. The Morgan fingerprint density at radius 2 is 1.51 bits per heavy atom. The van der Waals surface area contributed by atoms with E-state index in [-0.39, 0.29) is 30.9 Å². The Labute approximate surface area is 241 Å². The van der Waals surface area contributed by atoms with E-state index in [0.29, 0.717) is 5.92 Å². The molecule has 4 aromatic rings. The predicted octanol–water partition coefficient (Wildman–Crippen LogP) is 4.86. The van der Waals surface area contributed by atoms with Gasteiger partial charge in [-0.15, -0.1) is 0 Å². The maximum Gasteiger partial charge on any atom is 0.328 e. The minimum atomic E-state index is -0.444. The molecule has 3 heterocycles. The van der Waals surface area contributed by atoms with Crippen LogP contribution in [0, 0.1) is 5.92 Å². The molecule has 1 N–H and O–H groups in total. The van der Waals surface area contributed by atoms with Gasteiger partial charge in [0.15, 0.2) is 0 Å². The molecule has 7 rings (SSSR count). The van der Waals surface area contributed by atoms with Crippen molar-refractivity contribution >= 4 is 28.4 Å². The SMILES string of the molecule is CC1CN(c2ccc(Cc3ccccc3)cc2)C2NC3C(C(=O)N(Cc4cccc5ccccc45)C(=O)N3C)N2C1. The van der Waals surface area contributed by atoms with Crippen LogP contribution < -0.4 is 10.2 Å². The molecular formula is C34H35N5O2. The van der Waals surface area contributed by atoms with E-state index < -0.39 is 6.04 Å². The van der Waals surface area contributed by atoms with E-state index in [1.165, 1.54) is 16.0 Å². The van der Waals surface area contributed by atoms with Crippen LogP contribution in [0.25, 0.3) is 10.8 Å². The van der Waals surface area contributed by atoms with E-state index >= 15 is 0 Å². The summed E-state index contributed by atoms with van der Waals surface area (Å²) < 4.78 is 0. The number of rotatable bonds is 5. The molecule has 3 amide bonds. The third kappa shape index (κ3) is 4.55. The molecule has 7 heteroatoms. The summed E-state index contributed by atoms with van der Waals surface area (Å²) in [5.74, 6) is 0.228. The molecule has 0 radical (unpaired) electrons. The number of hydrogen-bond acceptors (Lipinski definition) is 5. The number of imide groups is 1. The van der Waals surface area contributed by atoms with E-state index in [4.69, 9.17) is 0 Å². The second kappa shape index (κ2) is 10.3. The first-order valence-corrected chi connectivity index (χ1v) is 14.4. The smallest absolute Gasteiger partial charge is 0.328 e. The normalized spacial score (nSPS) is 24.6. The fraction of sp³-hybridized carbons (Fsp3) is 0.294. The van der Waals surface area contributed by atoms with Gasteiger partial charge in [-0.25, -0.2) is 4.79 Å². The Morgan fingerprint density at radius 1 is 0.805 bits per heavy atom. The van der Waals surface area contributed by atoms with Gasteiger partial charge in [0.05, 0.1) is 6.54 Å². The minimum absolute atomic E-state index is 0.131.